The molecule has 3 N–H and O–H groups in total. The number of nitrogens with zero attached hydrogens (tertiary/aromatic N) is 1. The highest BCUT2D eigenvalue weighted by atomic mass is 16.1. The van der Waals surface area contributed by atoms with E-state index in [9.17, 15) is 4.79 Å². The van der Waals surface area contributed by atoms with Crippen LogP contribution in [0.5, 0.6) is 0 Å². The normalized spacial score (nSPS) is 17.6. The van der Waals surface area contributed by atoms with Crippen LogP contribution in [0.3, 0.4) is 0 Å². The van der Waals surface area contributed by atoms with E-state index in [-0.39, 0.29) is 11.3 Å². The minimum absolute atomic E-state index is 0.0522. The van der Waals surface area contributed by atoms with Gasteiger partial charge in [0.2, 0.25) is 5.91 Å². The lowest BCUT2D eigenvalue weighted by atomic mass is 9.71. The summed E-state index contributed by atoms with van der Waals surface area (Å²) in [5.41, 5.74) is 7.12. The average Bonchev–Trinajstić information content (AvgIpc) is 2.49. The van der Waals surface area contributed by atoms with Crippen LogP contribution in [0.15, 0.2) is 24.5 Å². The van der Waals surface area contributed by atoms with E-state index in [0.29, 0.717) is 19.5 Å². The van der Waals surface area contributed by atoms with Gasteiger partial charge in [0, 0.05) is 25.4 Å². The molecule has 1 aromatic heterocycles. The number of nitrogens with one attached hydrogen (secondary N) is 1. The van der Waals surface area contributed by atoms with Crippen LogP contribution in [0.4, 0.5) is 0 Å². The van der Waals surface area contributed by atoms with Crippen LogP contribution in [0.25, 0.3) is 0 Å². The number of rotatable bonds is 6. The zero-order valence-corrected chi connectivity index (χ0v) is 12.1. The maximum absolute atomic E-state index is 12.1. The third-order valence-corrected chi connectivity index (χ3v) is 4.34. The first-order chi connectivity index (χ1) is 9.74. The fourth-order valence-electron chi connectivity index (χ4n) is 3.05. The average molecular weight is 275 g/mol. The third kappa shape index (κ3) is 4.30. The largest absolute Gasteiger partial charge is 0.356 e. The standard InChI is InChI=1S/C16H25N3O/c17-13-16(7-2-1-3-8-16)11-15(20)19-10-6-14-5-4-9-18-12-14/h4-5,9,12H,1-3,6-8,10-11,13,17H2,(H,19,20). The molecule has 0 bridgehead atoms. The molecule has 0 unspecified atom stereocenters. The highest BCUT2D eigenvalue weighted by Crippen LogP contribution is 2.38. The highest BCUT2D eigenvalue weighted by molar-refractivity contribution is 5.76. The molecule has 0 radical (unpaired) electrons. The Morgan fingerprint density at radius 2 is 2.15 bits per heavy atom. The Kier molecular flexibility index (Phi) is 5.53. The molecule has 0 aliphatic heterocycles. The lowest BCUT2D eigenvalue weighted by Crippen LogP contribution is -2.39. The van der Waals surface area contributed by atoms with Gasteiger partial charge in [0.25, 0.3) is 0 Å². The first-order valence-electron chi connectivity index (χ1n) is 7.60. The fourth-order valence-corrected chi connectivity index (χ4v) is 3.05. The van der Waals surface area contributed by atoms with Crippen molar-refractivity contribution >= 4 is 5.91 Å². The zero-order valence-electron chi connectivity index (χ0n) is 12.1. The van der Waals surface area contributed by atoms with Crippen molar-refractivity contribution in [2.75, 3.05) is 13.1 Å². The summed E-state index contributed by atoms with van der Waals surface area (Å²) in [5.74, 6) is 0.140. The number of aromatic nitrogens is 1. The van der Waals surface area contributed by atoms with Crippen molar-refractivity contribution in [1.82, 2.24) is 10.3 Å². The van der Waals surface area contributed by atoms with Crippen molar-refractivity contribution in [3.63, 3.8) is 0 Å². The highest BCUT2D eigenvalue weighted by Gasteiger charge is 2.32. The Hall–Kier alpha value is -1.42. The Labute approximate surface area is 121 Å². The smallest absolute Gasteiger partial charge is 0.220 e. The van der Waals surface area contributed by atoms with Crippen LogP contribution in [0.2, 0.25) is 0 Å². The van der Waals surface area contributed by atoms with Gasteiger partial charge in [-0.15, -0.1) is 0 Å². The van der Waals surface area contributed by atoms with Crippen molar-refractivity contribution in [1.29, 1.82) is 0 Å². The molecular weight excluding hydrogens is 250 g/mol. The summed E-state index contributed by atoms with van der Waals surface area (Å²) in [4.78, 5) is 16.2. The molecule has 1 aliphatic rings. The molecule has 1 saturated carbocycles. The van der Waals surface area contributed by atoms with Gasteiger partial charge in [0.05, 0.1) is 0 Å². The molecule has 1 amide bonds. The molecule has 0 spiro atoms. The van der Waals surface area contributed by atoms with E-state index in [1.165, 1.54) is 19.3 Å². The number of hydrogen-bond donors (Lipinski definition) is 2. The minimum Gasteiger partial charge on any atom is -0.356 e. The van der Waals surface area contributed by atoms with Crippen LogP contribution in [0.1, 0.15) is 44.1 Å². The van der Waals surface area contributed by atoms with Crippen molar-refractivity contribution in [3.8, 4) is 0 Å². The number of hydrogen-bond acceptors (Lipinski definition) is 3. The molecular formula is C16H25N3O. The lowest BCUT2D eigenvalue weighted by molar-refractivity contribution is -0.123. The number of pyridine rings is 1. The quantitative estimate of drug-likeness (QED) is 0.835. The molecule has 0 saturated heterocycles. The number of nitrogens with two attached hydrogens (primary N) is 1. The molecule has 0 aromatic carbocycles. The van der Waals surface area contributed by atoms with Crippen LogP contribution in [0, 0.1) is 5.41 Å². The van der Waals surface area contributed by atoms with Gasteiger partial charge in [-0.05, 0) is 42.9 Å². The summed E-state index contributed by atoms with van der Waals surface area (Å²) < 4.78 is 0. The van der Waals surface area contributed by atoms with Crippen LogP contribution in [-0.2, 0) is 11.2 Å². The van der Waals surface area contributed by atoms with Gasteiger partial charge in [-0.1, -0.05) is 25.3 Å². The first-order valence-corrected chi connectivity index (χ1v) is 7.60. The number of amides is 1. The molecule has 0 atom stereocenters. The van der Waals surface area contributed by atoms with Gasteiger partial charge in [0.15, 0.2) is 0 Å². The van der Waals surface area contributed by atoms with E-state index in [1.807, 2.05) is 18.3 Å². The Morgan fingerprint density at radius 1 is 1.35 bits per heavy atom. The topological polar surface area (TPSA) is 68.0 Å². The van der Waals surface area contributed by atoms with E-state index in [4.69, 9.17) is 5.73 Å². The molecule has 2 rings (SSSR count). The Balaban J connectivity index is 1.74. The summed E-state index contributed by atoms with van der Waals surface area (Å²) in [5, 5.41) is 3.02. The monoisotopic (exact) mass is 275 g/mol. The van der Waals surface area contributed by atoms with Gasteiger partial charge < -0.3 is 11.1 Å². The van der Waals surface area contributed by atoms with Gasteiger partial charge in [-0.25, -0.2) is 0 Å². The first kappa shape index (κ1) is 15.0. The SMILES string of the molecule is NCC1(CC(=O)NCCc2cccnc2)CCCCC1. The van der Waals surface area contributed by atoms with Gasteiger partial charge in [0.1, 0.15) is 0 Å². The second-order valence-electron chi connectivity index (χ2n) is 5.90. The summed E-state index contributed by atoms with van der Waals surface area (Å²) in [6.07, 6.45) is 10.9. The predicted molar refractivity (Wildman–Crippen MR) is 80.1 cm³/mol. The molecule has 1 aromatic rings. The van der Waals surface area contributed by atoms with Gasteiger partial charge in [-0.2, -0.15) is 0 Å². The molecule has 110 valence electrons. The number of carbonyl (C=O) groups excluding carboxylic acids is 1. The molecule has 4 heteroatoms. The second kappa shape index (κ2) is 7.39. The summed E-state index contributed by atoms with van der Waals surface area (Å²) in [6, 6.07) is 3.95. The number of carbonyl (C=O) groups is 1. The molecule has 1 aliphatic carbocycles. The Bertz CT molecular complexity index is 413. The maximum atomic E-state index is 12.1. The van der Waals surface area contributed by atoms with Crippen molar-refractivity contribution in [2.24, 2.45) is 11.1 Å². The molecule has 1 heterocycles. The summed E-state index contributed by atoms with van der Waals surface area (Å²) in [6.45, 7) is 1.30. The fraction of sp³-hybridized carbons (Fsp3) is 0.625. The van der Waals surface area contributed by atoms with Crippen LogP contribution < -0.4 is 11.1 Å². The zero-order chi connectivity index (χ0) is 14.3. The van der Waals surface area contributed by atoms with E-state index in [0.717, 1.165) is 24.8 Å². The van der Waals surface area contributed by atoms with E-state index in [1.54, 1.807) is 6.20 Å². The molecule has 20 heavy (non-hydrogen) atoms. The Morgan fingerprint density at radius 3 is 2.80 bits per heavy atom. The van der Waals surface area contributed by atoms with E-state index < -0.39 is 0 Å². The van der Waals surface area contributed by atoms with Crippen molar-refractivity contribution < 1.29 is 4.79 Å². The van der Waals surface area contributed by atoms with Crippen molar-refractivity contribution in [3.05, 3.63) is 30.1 Å². The lowest BCUT2D eigenvalue weighted by Gasteiger charge is -2.35. The molecule has 1 fully saturated rings. The van der Waals surface area contributed by atoms with Crippen LogP contribution >= 0.6 is 0 Å². The van der Waals surface area contributed by atoms with Gasteiger partial charge >= 0.3 is 0 Å². The maximum Gasteiger partial charge on any atom is 0.220 e. The summed E-state index contributed by atoms with van der Waals surface area (Å²) in [7, 11) is 0. The van der Waals surface area contributed by atoms with Crippen LogP contribution in [-0.4, -0.2) is 24.0 Å². The second-order valence-corrected chi connectivity index (χ2v) is 5.90. The van der Waals surface area contributed by atoms with E-state index in [2.05, 4.69) is 10.3 Å². The van der Waals surface area contributed by atoms with Crippen molar-refractivity contribution in [2.45, 2.75) is 44.9 Å². The van der Waals surface area contributed by atoms with E-state index >= 15 is 0 Å². The predicted octanol–water partition coefficient (Wildman–Crippen LogP) is 2.04. The third-order valence-electron chi connectivity index (χ3n) is 4.34. The minimum atomic E-state index is 0.0522. The molecule has 4 nitrogen and oxygen atoms in total. The van der Waals surface area contributed by atoms with Gasteiger partial charge in [-0.3, -0.25) is 9.78 Å². The summed E-state index contributed by atoms with van der Waals surface area (Å²) >= 11 is 0.